The molecule has 2 unspecified atom stereocenters. The van der Waals surface area contributed by atoms with Crippen LogP contribution in [0.4, 0.5) is 0 Å². The molecule has 0 radical (unpaired) electrons. The maximum Gasteiger partial charge on any atom is 0.241 e. The van der Waals surface area contributed by atoms with Gasteiger partial charge in [0.1, 0.15) is 5.54 Å². The molecule has 0 aromatic heterocycles. The van der Waals surface area contributed by atoms with Crippen molar-refractivity contribution in [3.8, 4) is 0 Å². The first kappa shape index (κ1) is 18.2. The number of nitrogens with one attached hydrogen (secondary N) is 1. The quantitative estimate of drug-likeness (QED) is 0.806. The molecule has 24 heavy (non-hydrogen) atoms. The van der Waals surface area contributed by atoms with E-state index >= 15 is 0 Å². The van der Waals surface area contributed by atoms with Crippen molar-refractivity contribution in [3.63, 3.8) is 0 Å². The standard InChI is InChI=1S/C19H35N3O2/c1-4-24-16-13-19(20,18(16,2)3)17(23)21-14-9-11-22(12-10-14)15-7-5-6-8-15/h14-16H,4-13,20H2,1-3H3,(H,21,23). The summed E-state index contributed by atoms with van der Waals surface area (Å²) in [5.74, 6) is 0.0165. The molecule has 3 fully saturated rings. The fourth-order valence-electron chi connectivity index (χ4n) is 4.81. The summed E-state index contributed by atoms with van der Waals surface area (Å²) in [6.07, 6.45) is 8.29. The van der Waals surface area contributed by atoms with Gasteiger partial charge in [0.05, 0.1) is 6.10 Å². The average Bonchev–Trinajstić information content (AvgIpc) is 3.09. The predicted molar refractivity (Wildman–Crippen MR) is 95.7 cm³/mol. The Kier molecular flexibility index (Phi) is 5.24. The van der Waals surface area contributed by atoms with E-state index in [1.165, 1.54) is 25.7 Å². The third-order valence-electron chi connectivity index (χ3n) is 6.94. The van der Waals surface area contributed by atoms with Gasteiger partial charge < -0.3 is 20.7 Å². The molecule has 0 spiro atoms. The van der Waals surface area contributed by atoms with Crippen LogP contribution in [0, 0.1) is 5.41 Å². The summed E-state index contributed by atoms with van der Waals surface area (Å²) in [5, 5.41) is 3.24. The van der Waals surface area contributed by atoms with E-state index in [1.54, 1.807) is 0 Å². The molecule has 0 aromatic carbocycles. The highest BCUT2D eigenvalue weighted by Crippen LogP contribution is 2.49. The van der Waals surface area contributed by atoms with Crippen molar-refractivity contribution < 1.29 is 9.53 Å². The van der Waals surface area contributed by atoms with E-state index in [9.17, 15) is 4.79 Å². The minimum Gasteiger partial charge on any atom is -0.378 e. The Morgan fingerprint density at radius 2 is 1.83 bits per heavy atom. The summed E-state index contributed by atoms with van der Waals surface area (Å²) in [4.78, 5) is 15.4. The molecule has 2 saturated carbocycles. The fraction of sp³-hybridized carbons (Fsp3) is 0.947. The van der Waals surface area contributed by atoms with Crippen LogP contribution in [0.5, 0.6) is 0 Å². The number of piperidine rings is 1. The molecule has 0 bridgehead atoms. The summed E-state index contributed by atoms with van der Waals surface area (Å²) in [6, 6.07) is 1.07. The largest absolute Gasteiger partial charge is 0.378 e. The number of nitrogens with two attached hydrogens (primary N) is 1. The molecule has 1 saturated heterocycles. The third kappa shape index (κ3) is 3.11. The number of nitrogens with zero attached hydrogens (tertiary/aromatic N) is 1. The van der Waals surface area contributed by atoms with Crippen molar-refractivity contribution in [3.05, 3.63) is 0 Å². The summed E-state index contributed by atoms with van der Waals surface area (Å²) < 4.78 is 5.73. The summed E-state index contributed by atoms with van der Waals surface area (Å²) in [6.45, 7) is 8.99. The van der Waals surface area contributed by atoms with E-state index in [2.05, 4.69) is 24.1 Å². The molecular weight excluding hydrogens is 302 g/mol. The maximum absolute atomic E-state index is 12.8. The number of hydrogen-bond donors (Lipinski definition) is 2. The van der Waals surface area contributed by atoms with Gasteiger partial charge in [0, 0.05) is 43.6 Å². The molecule has 2 aliphatic carbocycles. The van der Waals surface area contributed by atoms with E-state index in [0.29, 0.717) is 13.0 Å². The number of hydrogen-bond acceptors (Lipinski definition) is 4. The fourth-order valence-corrected chi connectivity index (χ4v) is 4.81. The van der Waals surface area contributed by atoms with Crippen LogP contribution in [0.25, 0.3) is 0 Å². The lowest BCUT2D eigenvalue weighted by molar-refractivity contribution is -0.171. The highest BCUT2D eigenvalue weighted by molar-refractivity contribution is 5.89. The molecule has 3 N–H and O–H groups in total. The van der Waals surface area contributed by atoms with Crippen LogP contribution in [-0.2, 0) is 9.53 Å². The van der Waals surface area contributed by atoms with Crippen LogP contribution in [-0.4, -0.2) is 54.2 Å². The lowest BCUT2D eigenvalue weighted by atomic mass is 9.54. The highest BCUT2D eigenvalue weighted by atomic mass is 16.5. The van der Waals surface area contributed by atoms with Crippen molar-refractivity contribution in [2.24, 2.45) is 11.1 Å². The molecule has 5 heteroatoms. The first-order chi connectivity index (χ1) is 11.4. The van der Waals surface area contributed by atoms with Crippen molar-refractivity contribution in [1.82, 2.24) is 10.2 Å². The Morgan fingerprint density at radius 3 is 2.38 bits per heavy atom. The second-order valence-corrected chi connectivity index (χ2v) is 8.56. The number of carbonyl (C=O) groups is 1. The smallest absolute Gasteiger partial charge is 0.241 e. The van der Waals surface area contributed by atoms with Crippen molar-refractivity contribution in [2.75, 3.05) is 19.7 Å². The minimum absolute atomic E-state index is 0.0165. The first-order valence-corrected chi connectivity index (χ1v) is 9.84. The normalized spacial score (nSPS) is 34.9. The Bertz CT molecular complexity index is 454. The molecule has 5 nitrogen and oxygen atoms in total. The van der Waals surface area contributed by atoms with E-state index in [4.69, 9.17) is 10.5 Å². The van der Waals surface area contributed by atoms with Crippen molar-refractivity contribution in [2.45, 2.75) is 89.4 Å². The second-order valence-electron chi connectivity index (χ2n) is 8.56. The lowest BCUT2D eigenvalue weighted by Crippen LogP contribution is -2.76. The van der Waals surface area contributed by atoms with Gasteiger partial charge in [-0.05, 0) is 32.6 Å². The topological polar surface area (TPSA) is 67.6 Å². The zero-order valence-electron chi connectivity index (χ0n) is 15.6. The number of likely N-dealkylation sites (tertiary alicyclic amines) is 1. The van der Waals surface area contributed by atoms with E-state index in [-0.39, 0.29) is 23.5 Å². The van der Waals surface area contributed by atoms with Gasteiger partial charge in [-0.25, -0.2) is 0 Å². The van der Waals surface area contributed by atoms with Crippen LogP contribution in [0.3, 0.4) is 0 Å². The highest BCUT2D eigenvalue weighted by Gasteiger charge is 2.63. The first-order valence-electron chi connectivity index (χ1n) is 9.84. The van der Waals surface area contributed by atoms with Crippen molar-refractivity contribution in [1.29, 1.82) is 0 Å². The number of amides is 1. The number of carbonyl (C=O) groups excluding carboxylic acids is 1. The minimum atomic E-state index is -0.796. The summed E-state index contributed by atoms with van der Waals surface area (Å²) >= 11 is 0. The zero-order chi connectivity index (χ0) is 17.4. The molecule has 1 heterocycles. The molecular formula is C19H35N3O2. The Labute approximate surface area is 146 Å². The average molecular weight is 338 g/mol. The molecule has 0 aromatic rings. The number of ether oxygens (including phenoxy) is 1. The van der Waals surface area contributed by atoms with Gasteiger partial charge in [0.2, 0.25) is 5.91 Å². The summed E-state index contributed by atoms with van der Waals surface area (Å²) in [7, 11) is 0. The van der Waals surface area contributed by atoms with Gasteiger partial charge in [0.25, 0.3) is 0 Å². The molecule has 138 valence electrons. The van der Waals surface area contributed by atoms with E-state index < -0.39 is 5.54 Å². The molecule has 3 aliphatic rings. The maximum atomic E-state index is 12.8. The second kappa shape index (κ2) is 6.93. The van der Waals surface area contributed by atoms with E-state index in [0.717, 1.165) is 32.0 Å². The lowest BCUT2D eigenvalue weighted by Gasteiger charge is -2.58. The predicted octanol–water partition coefficient (Wildman–Crippen LogP) is 2.04. The molecule has 1 aliphatic heterocycles. The molecule has 1 amide bonds. The van der Waals surface area contributed by atoms with Gasteiger partial charge in [-0.2, -0.15) is 0 Å². The third-order valence-corrected chi connectivity index (χ3v) is 6.94. The SMILES string of the molecule is CCOC1CC(N)(C(=O)NC2CCN(C3CCCC3)CC2)C1(C)C. The monoisotopic (exact) mass is 337 g/mol. The number of rotatable bonds is 5. The molecule has 2 atom stereocenters. The van der Waals surface area contributed by atoms with Gasteiger partial charge in [0.15, 0.2) is 0 Å². The summed E-state index contributed by atoms with van der Waals surface area (Å²) in [5.41, 5.74) is 5.38. The van der Waals surface area contributed by atoms with Crippen LogP contribution in [0.2, 0.25) is 0 Å². The van der Waals surface area contributed by atoms with E-state index in [1.807, 2.05) is 6.92 Å². The van der Waals surface area contributed by atoms with Gasteiger partial charge in [-0.15, -0.1) is 0 Å². The Morgan fingerprint density at radius 1 is 1.21 bits per heavy atom. The van der Waals surface area contributed by atoms with Crippen LogP contribution >= 0.6 is 0 Å². The van der Waals surface area contributed by atoms with Gasteiger partial charge in [-0.3, -0.25) is 4.79 Å². The van der Waals surface area contributed by atoms with Crippen LogP contribution in [0.1, 0.15) is 65.7 Å². The molecule has 3 rings (SSSR count). The van der Waals surface area contributed by atoms with Gasteiger partial charge >= 0.3 is 0 Å². The Hall–Kier alpha value is -0.650. The van der Waals surface area contributed by atoms with Crippen LogP contribution < -0.4 is 11.1 Å². The zero-order valence-corrected chi connectivity index (χ0v) is 15.6. The Balaban J connectivity index is 1.49. The van der Waals surface area contributed by atoms with Crippen molar-refractivity contribution >= 4 is 5.91 Å². The van der Waals surface area contributed by atoms with Gasteiger partial charge in [-0.1, -0.05) is 26.7 Å². The van der Waals surface area contributed by atoms with Crippen LogP contribution in [0.15, 0.2) is 0 Å².